The summed E-state index contributed by atoms with van der Waals surface area (Å²) in [6.45, 7) is 4.17. The first-order valence-corrected chi connectivity index (χ1v) is 8.29. The second kappa shape index (κ2) is 6.95. The standard InChI is InChI=1S/C18H22N2O4/c1-3-23-17(21)19-12-11-13-9-10-15(19)16-8-6-5-7-14(13)20(16)18(22)24-4-2/h5-16H,3-4H2,1-2H3/t13-,14-,15+,16-/m1/s1. The Kier molecular flexibility index (Phi) is 4.74. The van der Waals surface area contributed by atoms with Gasteiger partial charge in [0, 0.05) is 12.1 Å². The normalized spacial score (nSPS) is 29.9. The zero-order valence-corrected chi connectivity index (χ0v) is 13.9. The summed E-state index contributed by atoms with van der Waals surface area (Å²) in [6.07, 6.45) is 14.7. The van der Waals surface area contributed by atoms with E-state index in [1.54, 1.807) is 29.8 Å². The SMILES string of the molecule is CCOC(=O)N1C=C[C@H]2C=C[C@H]1[C@H]1C=CC=C[C@H]2N1C(=O)OCC. The van der Waals surface area contributed by atoms with E-state index in [0.717, 1.165) is 0 Å². The molecule has 0 radical (unpaired) electrons. The van der Waals surface area contributed by atoms with Crippen molar-refractivity contribution in [3.8, 4) is 0 Å². The molecule has 3 heterocycles. The van der Waals surface area contributed by atoms with Gasteiger partial charge in [-0.15, -0.1) is 0 Å². The van der Waals surface area contributed by atoms with Crippen LogP contribution < -0.4 is 0 Å². The maximum absolute atomic E-state index is 12.6. The van der Waals surface area contributed by atoms with Crippen LogP contribution >= 0.6 is 0 Å². The molecule has 2 amide bonds. The number of allylic oxidation sites excluding steroid dienone is 2. The first kappa shape index (κ1) is 16.4. The highest BCUT2D eigenvalue weighted by Gasteiger charge is 2.43. The molecule has 3 aliphatic rings. The van der Waals surface area contributed by atoms with Crippen LogP contribution in [-0.4, -0.2) is 53.3 Å². The molecule has 4 bridgehead atoms. The van der Waals surface area contributed by atoms with Crippen molar-refractivity contribution in [3.63, 3.8) is 0 Å². The summed E-state index contributed by atoms with van der Waals surface area (Å²) in [5, 5.41) is 0. The van der Waals surface area contributed by atoms with E-state index >= 15 is 0 Å². The molecular formula is C18H22N2O4. The smallest absolute Gasteiger partial charge is 0.414 e. The maximum atomic E-state index is 12.6. The van der Waals surface area contributed by atoms with Crippen molar-refractivity contribution in [3.05, 3.63) is 48.7 Å². The summed E-state index contributed by atoms with van der Waals surface area (Å²) in [5.74, 6) is -0.0301. The molecule has 4 atom stereocenters. The molecule has 6 heteroatoms. The highest BCUT2D eigenvalue weighted by Crippen LogP contribution is 2.33. The van der Waals surface area contributed by atoms with E-state index < -0.39 is 6.09 Å². The van der Waals surface area contributed by atoms with Gasteiger partial charge in [-0.3, -0.25) is 9.80 Å². The fourth-order valence-corrected chi connectivity index (χ4v) is 3.35. The molecule has 0 aromatic carbocycles. The highest BCUT2D eigenvalue weighted by molar-refractivity contribution is 5.73. The van der Waals surface area contributed by atoms with E-state index in [-0.39, 0.29) is 30.1 Å². The van der Waals surface area contributed by atoms with Gasteiger partial charge in [0.15, 0.2) is 0 Å². The fraction of sp³-hybridized carbons (Fsp3) is 0.444. The van der Waals surface area contributed by atoms with Gasteiger partial charge in [0.25, 0.3) is 0 Å². The minimum absolute atomic E-state index is 0.0301. The van der Waals surface area contributed by atoms with Gasteiger partial charge in [-0.2, -0.15) is 0 Å². The molecule has 128 valence electrons. The first-order valence-electron chi connectivity index (χ1n) is 8.29. The molecule has 6 nitrogen and oxygen atoms in total. The summed E-state index contributed by atoms with van der Waals surface area (Å²) in [7, 11) is 0. The van der Waals surface area contributed by atoms with E-state index in [4.69, 9.17) is 9.47 Å². The third-order valence-electron chi connectivity index (χ3n) is 4.39. The molecule has 0 aromatic heterocycles. The predicted molar refractivity (Wildman–Crippen MR) is 89.1 cm³/mol. The number of hydrogen-bond donors (Lipinski definition) is 0. The van der Waals surface area contributed by atoms with Gasteiger partial charge in [-0.1, -0.05) is 42.5 Å². The lowest BCUT2D eigenvalue weighted by Gasteiger charge is -2.41. The number of fused-ring (bicyclic) bond motifs is 6. The third-order valence-corrected chi connectivity index (χ3v) is 4.39. The predicted octanol–water partition coefficient (Wildman–Crippen LogP) is 2.85. The Morgan fingerprint density at radius 2 is 1.50 bits per heavy atom. The summed E-state index contributed by atoms with van der Waals surface area (Å²) in [4.78, 5) is 28.2. The minimum Gasteiger partial charge on any atom is -0.450 e. The van der Waals surface area contributed by atoms with Crippen LogP contribution in [0.4, 0.5) is 9.59 Å². The number of carbonyl (C=O) groups is 2. The van der Waals surface area contributed by atoms with Crippen LogP contribution in [0.2, 0.25) is 0 Å². The van der Waals surface area contributed by atoms with Crippen LogP contribution in [0.1, 0.15) is 13.8 Å². The molecule has 24 heavy (non-hydrogen) atoms. The number of rotatable bonds is 2. The van der Waals surface area contributed by atoms with Crippen LogP contribution in [0.15, 0.2) is 48.7 Å². The van der Waals surface area contributed by atoms with Crippen LogP contribution in [-0.2, 0) is 9.47 Å². The molecule has 0 saturated heterocycles. The van der Waals surface area contributed by atoms with E-state index in [9.17, 15) is 9.59 Å². The van der Waals surface area contributed by atoms with Crippen LogP contribution in [0, 0.1) is 5.92 Å². The quantitative estimate of drug-likeness (QED) is 0.731. The average molecular weight is 330 g/mol. The molecule has 0 fully saturated rings. The summed E-state index contributed by atoms with van der Waals surface area (Å²) in [6, 6.07) is -0.804. The Bertz CT molecular complexity index is 623. The van der Waals surface area contributed by atoms with Gasteiger partial charge in [0.05, 0.1) is 31.3 Å². The van der Waals surface area contributed by atoms with Crippen molar-refractivity contribution in [2.45, 2.75) is 32.0 Å². The second-order valence-corrected chi connectivity index (χ2v) is 5.76. The number of carbonyl (C=O) groups excluding carboxylic acids is 2. The van der Waals surface area contributed by atoms with Crippen molar-refractivity contribution < 1.29 is 19.1 Å². The number of amides is 2. The average Bonchev–Trinajstić information content (AvgIpc) is 2.97. The zero-order chi connectivity index (χ0) is 17.1. The van der Waals surface area contributed by atoms with E-state index in [2.05, 4.69) is 0 Å². The fourth-order valence-electron chi connectivity index (χ4n) is 3.35. The first-order chi connectivity index (χ1) is 11.7. The van der Waals surface area contributed by atoms with Crippen molar-refractivity contribution in [1.82, 2.24) is 9.80 Å². The molecule has 0 unspecified atom stereocenters. The molecule has 3 aliphatic heterocycles. The lowest BCUT2D eigenvalue weighted by molar-refractivity contribution is 0.0618. The van der Waals surface area contributed by atoms with Crippen molar-refractivity contribution >= 4 is 12.2 Å². The van der Waals surface area contributed by atoms with Crippen molar-refractivity contribution in [2.75, 3.05) is 13.2 Å². The second-order valence-electron chi connectivity index (χ2n) is 5.76. The van der Waals surface area contributed by atoms with Crippen molar-refractivity contribution in [2.24, 2.45) is 5.92 Å². The van der Waals surface area contributed by atoms with Gasteiger partial charge < -0.3 is 9.47 Å². The molecule has 0 saturated carbocycles. The Morgan fingerprint density at radius 3 is 2.21 bits per heavy atom. The maximum Gasteiger partial charge on any atom is 0.414 e. The molecule has 0 spiro atoms. The molecule has 0 aliphatic carbocycles. The minimum atomic E-state index is -0.420. The van der Waals surface area contributed by atoms with Gasteiger partial charge in [-0.25, -0.2) is 9.59 Å². The Hall–Kier alpha value is -2.50. The van der Waals surface area contributed by atoms with Gasteiger partial charge >= 0.3 is 12.2 Å². The number of nitrogens with zero attached hydrogens (tertiary/aromatic N) is 2. The summed E-state index contributed by atoms with van der Waals surface area (Å²) < 4.78 is 10.4. The molecular weight excluding hydrogens is 308 g/mol. The van der Waals surface area contributed by atoms with Crippen molar-refractivity contribution in [1.29, 1.82) is 0 Å². The van der Waals surface area contributed by atoms with E-state index in [1.165, 1.54) is 0 Å². The third kappa shape index (κ3) is 2.84. The lowest BCUT2D eigenvalue weighted by Crippen LogP contribution is -2.56. The Labute approximate surface area is 141 Å². The number of hydrogen-bond acceptors (Lipinski definition) is 4. The van der Waals surface area contributed by atoms with E-state index in [1.807, 2.05) is 42.5 Å². The molecule has 3 rings (SSSR count). The topological polar surface area (TPSA) is 59.1 Å². The molecule has 0 aromatic rings. The van der Waals surface area contributed by atoms with E-state index in [0.29, 0.717) is 13.2 Å². The lowest BCUT2D eigenvalue weighted by atomic mass is 9.97. The zero-order valence-electron chi connectivity index (χ0n) is 13.9. The van der Waals surface area contributed by atoms with Crippen LogP contribution in [0.5, 0.6) is 0 Å². The monoisotopic (exact) mass is 330 g/mol. The Balaban J connectivity index is 2.03. The summed E-state index contributed by atoms with van der Waals surface area (Å²) >= 11 is 0. The van der Waals surface area contributed by atoms with Crippen LogP contribution in [0.25, 0.3) is 0 Å². The van der Waals surface area contributed by atoms with Gasteiger partial charge in [0.1, 0.15) is 0 Å². The number of ether oxygens (including phenoxy) is 2. The van der Waals surface area contributed by atoms with Gasteiger partial charge in [-0.05, 0) is 13.8 Å². The largest absolute Gasteiger partial charge is 0.450 e. The van der Waals surface area contributed by atoms with Crippen LogP contribution in [0.3, 0.4) is 0 Å². The van der Waals surface area contributed by atoms with Gasteiger partial charge in [0.2, 0.25) is 0 Å². The highest BCUT2D eigenvalue weighted by atomic mass is 16.6. The summed E-state index contributed by atoms with van der Waals surface area (Å²) in [5.41, 5.74) is 0. The molecule has 0 N–H and O–H groups in total. The Morgan fingerprint density at radius 1 is 0.833 bits per heavy atom.